The molecule has 7 nitrogen and oxygen atoms in total. The number of anilines is 1. The number of ether oxygens (including phenoxy) is 1. The molecule has 0 aliphatic rings. The highest BCUT2D eigenvalue weighted by molar-refractivity contribution is 6.28. The van der Waals surface area contributed by atoms with Crippen molar-refractivity contribution in [2.75, 3.05) is 5.73 Å². The summed E-state index contributed by atoms with van der Waals surface area (Å²) in [7, 11) is 1.72. The van der Waals surface area contributed by atoms with Crippen molar-refractivity contribution in [2.24, 2.45) is 7.05 Å². The molecule has 78 valence electrons. The Morgan fingerprint density at radius 3 is 2.93 bits per heavy atom. The predicted molar refractivity (Wildman–Crippen MR) is 52.5 cm³/mol. The van der Waals surface area contributed by atoms with Crippen LogP contribution in [-0.4, -0.2) is 24.7 Å². The average molecular weight is 227 g/mol. The Morgan fingerprint density at radius 1 is 1.47 bits per heavy atom. The number of nitrogen functional groups attached to an aromatic ring is 1. The summed E-state index contributed by atoms with van der Waals surface area (Å²) in [6.07, 6.45) is 2.85. The van der Waals surface area contributed by atoms with E-state index < -0.39 is 0 Å². The topological polar surface area (TPSA) is 91.7 Å². The van der Waals surface area contributed by atoms with E-state index in [1.54, 1.807) is 7.05 Å². The Hall–Kier alpha value is -1.89. The molecule has 2 heterocycles. The van der Waals surface area contributed by atoms with Gasteiger partial charge in [0, 0.05) is 7.05 Å². The van der Waals surface area contributed by atoms with E-state index in [9.17, 15) is 0 Å². The van der Waals surface area contributed by atoms with Crippen molar-refractivity contribution in [1.82, 2.24) is 24.7 Å². The number of nitrogens with two attached hydrogens (primary N) is 1. The molecule has 0 atom stereocenters. The number of hydrogen-bond acceptors (Lipinski definition) is 6. The van der Waals surface area contributed by atoms with Crippen LogP contribution in [0.4, 0.5) is 5.69 Å². The smallest absolute Gasteiger partial charge is 0.342 e. The Bertz CT molecular complexity index is 484. The third-order valence-electron chi connectivity index (χ3n) is 1.52. The maximum atomic E-state index is 5.58. The molecule has 2 aromatic heterocycles. The van der Waals surface area contributed by atoms with Gasteiger partial charge in [0.1, 0.15) is 12.0 Å². The predicted octanol–water partition coefficient (Wildman–Crippen LogP) is 0.633. The lowest BCUT2D eigenvalue weighted by atomic mass is 10.5. The van der Waals surface area contributed by atoms with Crippen molar-refractivity contribution in [3.05, 3.63) is 17.8 Å². The molecule has 0 bridgehead atoms. The number of hydrogen-bond donors (Lipinski definition) is 1. The van der Waals surface area contributed by atoms with E-state index in [1.165, 1.54) is 17.2 Å². The van der Waals surface area contributed by atoms with Crippen LogP contribution in [0.1, 0.15) is 0 Å². The SMILES string of the molecule is Cn1cnc(Oc2nc(Cl)ncc2N)n1. The first-order valence-corrected chi connectivity index (χ1v) is 4.34. The number of aromatic nitrogens is 5. The third-order valence-corrected chi connectivity index (χ3v) is 1.70. The van der Waals surface area contributed by atoms with Crippen LogP contribution in [0.25, 0.3) is 0 Å². The summed E-state index contributed by atoms with van der Waals surface area (Å²) < 4.78 is 6.70. The van der Waals surface area contributed by atoms with Crippen molar-refractivity contribution < 1.29 is 4.74 Å². The second-order valence-electron chi connectivity index (χ2n) is 2.70. The Labute approximate surface area is 89.9 Å². The van der Waals surface area contributed by atoms with Gasteiger partial charge < -0.3 is 10.5 Å². The maximum Gasteiger partial charge on any atom is 0.342 e. The van der Waals surface area contributed by atoms with Crippen molar-refractivity contribution >= 4 is 17.3 Å². The molecule has 0 fully saturated rings. The Morgan fingerprint density at radius 2 is 2.27 bits per heavy atom. The van der Waals surface area contributed by atoms with Crippen LogP contribution in [0, 0.1) is 0 Å². The standard InChI is InChI=1S/C7H7ClN6O/c1-14-3-11-7(13-14)15-5-4(9)2-10-6(8)12-5/h2-3H,9H2,1H3. The van der Waals surface area contributed by atoms with Crippen molar-refractivity contribution in [3.8, 4) is 11.9 Å². The molecule has 0 saturated heterocycles. The van der Waals surface area contributed by atoms with Gasteiger partial charge in [0.15, 0.2) is 0 Å². The zero-order chi connectivity index (χ0) is 10.8. The summed E-state index contributed by atoms with van der Waals surface area (Å²) in [5.41, 5.74) is 5.84. The summed E-state index contributed by atoms with van der Waals surface area (Å²) in [6, 6.07) is 0.152. The molecule has 0 amide bonds. The van der Waals surface area contributed by atoms with Gasteiger partial charge in [0.05, 0.1) is 6.20 Å². The maximum absolute atomic E-state index is 5.58. The monoisotopic (exact) mass is 226 g/mol. The Kier molecular flexibility index (Phi) is 2.38. The lowest BCUT2D eigenvalue weighted by Gasteiger charge is -2.02. The van der Waals surface area contributed by atoms with Crippen molar-refractivity contribution in [1.29, 1.82) is 0 Å². The molecule has 0 aliphatic heterocycles. The highest BCUT2D eigenvalue weighted by Gasteiger charge is 2.08. The van der Waals surface area contributed by atoms with E-state index >= 15 is 0 Å². The fourth-order valence-corrected chi connectivity index (χ4v) is 1.02. The minimum atomic E-state index is 0.0510. The fraction of sp³-hybridized carbons (Fsp3) is 0.143. The first kappa shape index (κ1) is 9.66. The molecule has 0 aromatic carbocycles. The summed E-state index contributed by atoms with van der Waals surface area (Å²) in [5, 5.41) is 3.95. The third kappa shape index (κ3) is 2.13. The van der Waals surface area contributed by atoms with Crippen molar-refractivity contribution in [2.45, 2.75) is 0 Å². The summed E-state index contributed by atoms with van der Waals surface area (Å²) in [4.78, 5) is 11.3. The first-order chi connectivity index (χ1) is 7.15. The van der Waals surface area contributed by atoms with Crippen LogP contribution in [0.15, 0.2) is 12.5 Å². The zero-order valence-corrected chi connectivity index (χ0v) is 8.51. The van der Waals surface area contributed by atoms with E-state index in [0.717, 1.165) is 0 Å². The van der Waals surface area contributed by atoms with Gasteiger partial charge in [-0.25, -0.2) is 4.98 Å². The van der Waals surface area contributed by atoms with Crippen LogP contribution in [0.5, 0.6) is 11.9 Å². The number of nitrogens with zero attached hydrogens (tertiary/aromatic N) is 5. The molecular formula is C7H7ClN6O. The highest BCUT2D eigenvalue weighted by atomic mass is 35.5. The highest BCUT2D eigenvalue weighted by Crippen LogP contribution is 2.22. The van der Waals surface area contributed by atoms with E-state index in [4.69, 9.17) is 22.1 Å². The van der Waals surface area contributed by atoms with Crippen LogP contribution in [0.3, 0.4) is 0 Å². The van der Waals surface area contributed by atoms with Gasteiger partial charge in [-0.3, -0.25) is 4.68 Å². The van der Waals surface area contributed by atoms with Crippen molar-refractivity contribution in [3.63, 3.8) is 0 Å². The largest absolute Gasteiger partial charge is 0.402 e. The Balaban J connectivity index is 2.27. The van der Waals surface area contributed by atoms with Gasteiger partial charge in [-0.05, 0) is 11.6 Å². The van der Waals surface area contributed by atoms with Crippen LogP contribution in [-0.2, 0) is 7.05 Å². The number of rotatable bonds is 2. The number of aryl methyl sites for hydroxylation is 1. The second-order valence-corrected chi connectivity index (χ2v) is 3.04. The summed E-state index contributed by atoms with van der Waals surface area (Å²) in [6.45, 7) is 0. The van der Waals surface area contributed by atoms with Crippen LogP contribution in [0.2, 0.25) is 5.28 Å². The van der Waals surface area contributed by atoms with E-state index in [1.807, 2.05) is 0 Å². The molecule has 8 heteroatoms. The quantitative estimate of drug-likeness (QED) is 0.756. The fourth-order valence-electron chi connectivity index (χ4n) is 0.890. The van der Waals surface area contributed by atoms with E-state index in [2.05, 4.69) is 20.1 Å². The molecule has 2 N–H and O–H groups in total. The molecule has 15 heavy (non-hydrogen) atoms. The summed E-state index contributed by atoms with van der Waals surface area (Å²) in [5.74, 6) is 0.140. The van der Waals surface area contributed by atoms with Gasteiger partial charge in [0.25, 0.3) is 5.88 Å². The average Bonchev–Trinajstić information content (AvgIpc) is 2.58. The normalized spacial score (nSPS) is 10.3. The molecule has 0 aliphatic carbocycles. The zero-order valence-electron chi connectivity index (χ0n) is 7.75. The molecule has 0 unspecified atom stereocenters. The number of halogens is 1. The molecular weight excluding hydrogens is 220 g/mol. The van der Waals surface area contributed by atoms with Gasteiger partial charge in [-0.1, -0.05) is 0 Å². The molecule has 0 saturated carbocycles. The summed E-state index contributed by atoms with van der Waals surface area (Å²) >= 11 is 5.58. The van der Waals surface area contributed by atoms with Crippen LogP contribution < -0.4 is 10.5 Å². The van der Waals surface area contributed by atoms with Gasteiger partial charge in [-0.15, -0.1) is 5.10 Å². The molecule has 2 rings (SSSR count). The first-order valence-electron chi connectivity index (χ1n) is 3.96. The molecule has 0 spiro atoms. The van der Waals surface area contributed by atoms with Crippen LogP contribution >= 0.6 is 11.6 Å². The van der Waals surface area contributed by atoms with Gasteiger partial charge >= 0.3 is 6.01 Å². The van der Waals surface area contributed by atoms with Gasteiger partial charge in [0.2, 0.25) is 5.28 Å². The molecule has 0 radical (unpaired) electrons. The van der Waals surface area contributed by atoms with E-state index in [-0.39, 0.29) is 22.9 Å². The minimum Gasteiger partial charge on any atom is -0.402 e. The lowest BCUT2D eigenvalue weighted by molar-refractivity contribution is 0.424. The van der Waals surface area contributed by atoms with Gasteiger partial charge in [-0.2, -0.15) is 9.97 Å². The molecule has 2 aromatic rings. The minimum absolute atomic E-state index is 0.0510. The lowest BCUT2D eigenvalue weighted by Crippen LogP contribution is -1.98. The second kappa shape index (κ2) is 3.70. The van der Waals surface area contributed by atoms with E-state index in [0.29, 0.717) is 0 Å².